The summed E-state index contributed by atoms with van der Waals surface area (Å²) in [5, 5.41) is 0. The molecule has 0 aliphatic carbocycles. The number of allylic oxidation sites excluding steroid dienone is 2. The normalized spacial score (nSPS) is 38.4. The first-order valence-corrected chi connectivity index (χ1v) is 16.0. The van der Waals surface area contributed by atoms with E-state index in [2.05, 4.69) is 22.0 Å². The van der Waals surface area contributed by atoms with Crippen molar-refractivity contribution in [3.05, 3.63) is 12.2 Å². The Labute approximate surface area is 213 Å². The van der Waals surface area contributed by atoms with Gasteiger partial charge in [-0.1, -0.05) is 76.4 Å². The third-order valence-electron chi connectivity index (χ3n) is 9.92. The molecule has 4 saturated heterocycles. The number of hydrogen-bond donors (Lipinski definition) is 0. The zero-order valence-corrected chi connectivity index (χ0v) is 22.7. The van der Waals surface area contributed by atoms with Crippen molar-refractivity contribution in [2.24, 2.45) is 23.7 Å². The van der Waals surface area contributed by atoms with Crippen molar-refractivity contribution in [2.45, 2.75) is 128 Å². The summed E-state index contributed by atoms with van der Waals surface area (Å²) in [6.07, 6.45) is 34.1. The van der Waals surface area contributed by atoms with Crippen LogP contribution in [0.2, 0.25) is 0 Å². The maximum absolute atomic E-state index is 2.94. The maximum atomic E-state index is 2.94. The van der Waals surface area contributed by atoms with Crippen LogP contribution in [0.3, 0.4) is 0 Å². The largest absolute Gasteiger partial charge is 0.303 e. The lowest BCUT2D eigenvalue weighted by Crippen LogP contribution is -2.49. The van der Waals surface area contributed by atoms with E-state index >= 15 is 0 Å². The van der Waals surface area contributed by atoms with E-state index in [9.17, 15) is 0 Å². The van der Waals surface area contributed by atoms with Crippen molar-refractivity contribution in [3.63, 3.8) is 0 Å². The highest BCUT2D eigenvalue weighted by Gasteiger charge is 2.38. The van der Waals surface area contributed by atoms with Crippen molar-refractivity contribution in [2.75, 3.05) is 39.3 Å². The zero-order chi connectivity index (χ0) is 23.3. The lowest BCUT2D eigenvalue weighted by Gasteiger charge is -2.47. The van der Waals surface area contributed by atoms with Gasteiger partial charge in [-0.3, -0.25) is 0 Å². The predicted octanol–water partition coefficient (Wildman–Crippen LogP) is 8.47. The summed E-state index contributed by atoms with van der Waals surface area (Å²) in [6.45, 7) is 8.41. The SMILES string of the molecule is C1=CCCCCN2CC3CCCCCCCCCCN4CCC(C(CCCCCC1)C4)C(C3)C2. The maximum Gasteiger partial charge on any atom is 0.00127 e. The van der Waals surface area contributed by atoms with Gasteiger partial charge >= 0.3 is 0 Å². The number of rotatable bonds is 0. The molecule has 0 spiro atoms. The van der Waals surface area contributed by atoms with Crippen LogP contribution in [-0.4, -0.2) is 49.1 Å². The van der Waals surface area contributed by atoms with Crippen molar-refractivity contribution >= 4 is 0 Å². The Balaban J connectivity index is 1.45. The minimum Gasteiger partial charge on any atom is -0.303 e. The van der Waals surface area contributed by atoms with Gasteiger partial charge in [-0.2, -0.15) is 0 Å². The molecule has 0 amide bonds. The smallest absolute Gasteiger partial charge is 0.00127 e. The molecule has 5 heterocycles. The highest BCUT2D eigenvalue weighted by molar-refractivity contribution is 4.90. The average Bonchev–Trinajstić information content (AvgIpc) is 2.85. The van der Waals surface area contributed by atoms with Gasteiger partial charge in [-0.05, 0) is 108 Å². The quantitative estimate of drug-likeness (QED) is 0.328. The Morgan fingerprint density at radius 1 is 0.441 bits per heavy atom. The molecular weight excluding hydrogens is 412 g/mol. The third-order valence-corrected chi connectivity index (χ3v) is 9.92. The van der Waals surface area contributed by atoms with Crippen molar-refractivity contribution in [1.29, 1.82) is 0 Å². The molecule has 0 aromatic carbocycles. The zero-order valence-electron chi connectivity index (χ0n) is 22.7. The van der Waals surface area contributed by atoms with Crippen LogP contribution in [0, 0.1) is 23.7 Å². The Bertz CT molecular complexity index is 557. The van der Waals surface area contributed by atoms with E-state index in [0.717, 1.165) is 23.7 Å². The fourth-order valence-corrected chi connectivity index (χ4v) is 7.99. The van der Waals surface area contributed by atoms with Crippen LogP contribution in [0.5, 0.6) is 0 Å². The molecular formula is C32H58N2. The van der Waals surface area contributed by atoms with Crippen LogP contribution in [0.15, 0.2) is 12.2 Å². The van der Waals surface area contributed by atoms with Crippen molar-refractivity contribution in [1.82, 2.24) is 9.80 Å². The van der Waals surface area contributed by atoms with Crippen LogP contribution < -0.4 is 0 Å². The topological polar surface area (TPSA) is 6.48 Å². The Kier molecular flexibility index (Phi) is 12.3. The average molecular weight is 471 g/mol. The molecule has 6 atom stereocenters. The van der Waals surface area contributed by atoms with Gasteiger partial charge in [0.15, 0.2) is 0 Å². The minimum atomic E-state index is 0.977. The number of piperidine rings is 2. The first kappa shape index (κ1) is 26.7. The lowest BCUT2D eigenvalue weighted by atomic mass is 9.69. The summed E-state index contributed by atoms with van der Waals surface area (Å²) < 4.78 is 0. The van der Waals surface area contributed by atoms with Gasteiger partial charge in [0.1, 0.15) is 0 Å². The van der Waals surface area contributed by atoms with E-state index in [1.54, 1.807) is 6.42 Å². The molecule has 5 rings (SSSR count). The van der Waals surface area contributed by atoms with E-state index in [0.29, 0.717) is 0 Å². The first-order valence-electron chi connectivity index (χ1n) is 16.0. The van der Waals surface area contributed by atoms with Crippen LogP contribution in [0.25, 0.3) is 0 Å². The molecule has 0 saturated carbocycles. The summed E-state index contributed by atoms with van der Waals surface area (Å²) >= 11 is 0. The van der Waals surface area contributed by atoms with Crippen LogP contribution in [0.1, 0.15) is 128 Å². The van der Waals surface area contributed by atoms with Crippen LogP contribution in [-0.2, 0) is 0 Å². The highest BCUT2D eigenvalue weighted by Crippen LogP contribution is 2.40. The molecule has 2 heteroatoms. The molecule has 0 aromatic heterocycles. The molecule has 5 aliphatic heterocycles. The Morgan fingerprint density at radius 3 is 1.85 bits per heavy atom. The molecule has 0 N–H and O–H groups in total. The number of nitrogens with zero attached hydrogens (tertiary/aromatic N) is 2. The second kappa shape index (κ2) is 15.7. The molecule has 6 bridgehead atoms. The van der Waals surface area contributed by atoms with E-state index in [1.807, 2.05) is 0 Å². The van der Waals surface area contributed by atoms with Gasteiger partial charge in [0.25, 0.3) is 0 Å². The summed E-state index contributed by atoms with van der Waals surface area (Å²) in [7, 11) is 0. The van der Waals surface area contributed by atoms with Crippen molar-refractivity contribution < 1.29 is 0 Å². The molecule has 0 radical (unpaired) electrons. The predicted molar refractivity (Wildman–Crippen MR) is 148 cm³/mol. The van der Waals surface area contributed by atoms with E-state index in [4.69, 9.17) is 0 Å². The summed E-state index contributed by atoms with van der Waals surface area (Å²) in [5.74, 6) is 3.95. The van der Waals surface area contributed by atoms with Crippen molar-refractivity contribution in [3.8, 4) is 0 Å². The minimum absolute atomic E-state index is 0.977. The summed E-state index contributed by atoms with van der Waals surface area (Å²) in [6, 6.07) is 0. The van der Waals surface area contributed by atoms with Gasteiger partial charge in [-0.15, -0.1) is 0 Å². The Hall–Kier alpha value is -0.340. The summed E-state index contributed by atoms with van der Waals surface area (Å²) in [4.78, 5) is 5.84. The Morgan fingerprint density at radius 2 is 1.03 bits per heavy atom. The first-order chi connectivity index (χ1) is 16.9. The lowest BCUT2D eigenvalue weighted by molar-refractivity contribution is 0.0185. The molecule has 6 unspecified atom stereocenters. The van der Waals surface area contributed by atoms with Crippen LogP contribution >= 0.6 is 0 Å². The van der Waals surface area contributed by atoms with E-state index in [-0.39, 0.29) is 0 Å². The second-order valence-corrected chi connectivity index (χ2v) is 12.7. The van der Waals surface area contributed by atoms with Gasteiger partial charge in [0, 0.05) is 19.6 Å². The van der Waals surface area contributed by atoms with Gasteiger partial charge < -0.3 is 9.80 Å². The molecule has 4 fully saturated rings. The molecule has 2 nitrogen and oxygen atoms in total. The van der Waals surface area contributed by atoms with Gasteiger partial charge in [-0.25, -0.2) is 0 Å². The van der Waals surface area contributed by atoms with Gasteiger partial charge in [0.2, 0.25) is 0 Å². The monoisotopic (exact) mass is 470 g/mol. The van der Waals surface area contributed by atoms with Gasteiger partial charge in [0.05, 0.1) is 0 Å². The highest BCUT2D eigenvalue weighted by atomic mass is 15.1. The third kappa shape index (κ3) is 9.27. The van der Waals surface area contributed by atoms with Crippen LogP contribution in [0.4, 0.5) is 0 Å². The fraction of sp³-hybridized carbons (Fsp3) is 0.938. The standard InChI is InChI=1S/C32H58N2/c1-2-5-10-14-18-23-34-26-29-19-15-11-7-4-6-9-13-17-22-33-24-21-32(31(25-29)28-34)30(27-33)20-16-12-8-3-1/h2,5,29-32H,1,3-4,6-28H2. The fourth-order valence-electron chi connectivity index (χ4n) is 7.99. The second-order valence-electron chi connectivity index (χ2n) is 12.7. The molecule has 196 valence electrons. The van der Waals surface area contributed by atoms with E-state index < -0.39 is 0 Å². The molecule has 0 aromatic rings. The number of fused-ring (bicyclic) bond motifs is 11. The summed E-state index contributed by atoms with van der Waals surface area (Å²) in [5.41, 5.74) is 0. The molecule has 34 heavy (non-hydrogen) atoms. The van der Waals surface area contributed by atoms with E-state index in [1.165, 1.54) is 161 Å². The number of hydrogen-bond acceptors (Lipinski definition) is 2. The molecule has 5 aliphatic rings.